The maximum atomic E-state index is 13.2. The maximum absolute atomic E-state index is 13.2. The van der Waals surface area contributed by atoms with E-state index in [4.69, 9.17) is 15.6 Å². The standard InChI is InChI=1S/C26H38N4O11/c1-3-15(25(39)29-16(23(27)37)10-11-19(34)35)21(26(40)28-4-2)41-22(20(36)18(33)13-32)17(12-31)30-24(38)14-8-6-5-7-9-14/h5-9,12,15-18,20-22,32-33,36H,3-4,10-11,13H2,1-2H3,(H2,27,37)(H,28,40)(H,29,39)(H,30,38)(H,34,35)/t15?,16?,17-,18+,20+,21?,22+/m0/s1. The summed E-state index contributed by atoms with van der Waals surface area (Å²) in [6.45, 7) is 2.17. The van der Waals surface area contributed by atoms with E-state index in [1.807, 2.05) is 0 Å². The fourth-order valence-electron chi connectivity index (χ4n) is 3.87. The SMILES string of the molecule is CCNC(=O)C(O[C@@H]([C@H](O)[C@H](O)CO)[C@H](C=O)NC(=O)c1ccccc1)C(CC)C(=O)NC(CCC(=O)O)C(N)=O. The van der Waals surface area contributed by atoms with Gasteiger partial charge < -0.3 is 51.6 Å². The number of hydrogen-bond acceptors (Lipinski definition) is 10. The Bertz CT molecular complexity index is 1040. The van der Waals surface area contributed by atoms with Crippen molar-refractivity contribution < 1.29 is 53.9 Å². The minimum atomic E-state index is -2.03. The lowest BCUT2D eigenvalue weighted by atomic mass is 9.94. The highest BCUT2D eigenvalue weighted by Crippen LogP contribution is 2.21. The number of rotatable bonds is 19. The molecule has 9 N–H and O–H groups in total. The first-order valence-electron chi connectivity index (χ1n) is 12.9. The molecule has 0 saturated carbocycles. The van der Waals surface area contributed by atoms with Crippen LogP contribution in [-0.4, -0.2) is 106 Å². The summed E-state index contributed by atoms with van der Waals surface area (Å²) in [4.78, 5) is 73.9. The van der Waals surface area contributed by atoms with E-state index in [1.165, 1.54) is 19.1 Å². The number of nitrogens with two attached hydrogens (primary N) is 1. The Labute approximate surface area is 236 Å². The second-order valence-electron chi connectivity index (χ2n) is 9.07. The molecule has 41 heavy (non-hydrogen) atoms. The van der Waals surface area contributed by atoms with Crippen molar-refractivity contribution in [3.05, 3.63) is 35.9 Å². The molecular weight excluding hydrogens is 544 g/mol. The van der Waals surface area contributed by atoms with Gasteiger partial charge in [0.15, 0.2) is 0 Å². The Kier molecular flexibility index (Phi) is 15.2. The number of aliphatic hydroxyl groups excluding tert-OH is 3. The third-order valence-electron chi connectivity index (χ3n) is 6.11. The minimum absolute atomic E-state index is 0.0770. The van der Waals surface area contributed by atoms with Crippen LogP contribution in [0.5, 0.6) is 0 Å². The molecule has 7 atom stereocenters. The number of carboxylic acid groups (broad SMARTS) is 1. The van der Waals surface area contributed by atoms with Crippen LogP contribution in [0.1, 0.15) is 43.5 Å². The fraction of sp³-hybridized carbons (Fsp3) is 0.538. The first-order valence-corrected chi connectivity index (χ1v) is 12.9. The van der Waals surface area contributed by atoms with Crippen LogP contribution in [0.15, 0.2) is 30.3 Å². The van der Waals surface area contributed by atoms with Gasteiger partial charge in [0.05, 0.1) is 12.5 Å². The number of carbonyl (C=O) groups is 6. The summed E-state index contributed by atoms with van der Waals surface area (Å²) in [7, 11) is 0. The fourth-order valence-corrected chi connectivity index (χ4v) is 3.87. The number of likely N-dealkylation sites (N-methyl/N-ethyl adjacent to an activating group) is 1. The van der Waals surface area contributed by atoms with E-state index in [-0.39, 0.29) is 31.2 Å². The number of hydrogen-bond donors (Lipinski definition) is 8. The lowest BCUT2D eigenvalue weighted by Gasteiger charge is -2.35. The first kappa shape index (κ1) is 35.1. The quantitative estimate of drug-likeness (QED) is 0.0788. The Morgan fingerprint density at radius 3 is 2.15 bits per heavy atom. The highest BCUT2D eigenvalue weighted by molar-refractivity contribution is 5.96. The maximum Gasteiger partial charge on any atom is 0.303 e. The van der Waals surface area contributed by atoms with E-state index in [1.54, 1.807) is 25.1 Å². The van der Waals surface area contributed by atoms with Crippen molar-refractivity contribution in [3.63, 3.8) is 0 Å². The molecule has 3 unspecified atom stereocenters. The van der Waals surface area contributed by atoms with Gasteiger partial charge >= 0.3 is 5.97 Å². The lowest BCUT2D eigenvalue weighted by Crippen LogP contribution is -2.59. The van der Waals surface area contributed by atoms with Crippen LogP contribution in [-0.2, 0) is 28.7 Å². The average molecular weight is 583 g/mol. The Morgan fingerprint density at radius 2 is 1.66 bits per heavy atom. The largest absolute Gasteiger partial charge is 0.481 e. The average Bonchev–Trinajstić information content (AvgIpc) is 2.95. The highest BCUT2D eigenvalue weighted by atomic mass is 16.5. The second kappa shape index (κ2) is 17.7. The van der Waals surface area contributed by atoms with Crippen LogP contribution in [0.2, 0.25) is 0 Å². The van der Waals surface area contributed by atoms with Gasteiger partial charge in [0.2, 0.25) is 17.7 Å². The number of amides is 4. The van der Waals surface area contributed by atoms with Crippen molar-refractivity contribution in [2.75, 3.05) is 13.2 Å². The predicted octanol–water partition coefficient (Wildman–Crippen LogP) is -2.55. The normalized spacial score (nSPS) is 16.1. The zero-order chi connectivity index (χ0) is 31.1. The molecule has 0 aliphatic heterocycles. The highest BCUT2D eigenvalue weighted by Gasteiger charge is 2.42. The first-order chi connectivity index (χ1) is 19.4. The molecule has 1 aromatic rings. The molecule has 0 heterocycles. The van der Waals surface area contributed by atoms with Crippen LogP contribution in [0, 0.1) is 5.92 Å². The molecule has 15 heteroatoms. The van der Waals surface area contributed by atoms with Crippen molar-refractivity contribution in [1.29, 1.82) is 0 Å². The van der Waals surface area contributed by atoms with E-state index >= 15 is 0 Å². The third-order valence-corrected chi connectivity index (χ3v) is 6.11. The monoisotopic (exact) mass is 582 g/mol. The summed E-state index contributed by atoms with van der Waals surface area (Å²) in [6.07, 6.45) is -8.23. The molecule has 1 rings (SSSR count). The molecular formula is C26H38N4O11. The summed E-state index contributed by atoms with van der Waals surface area (Å²) < 4.78 is 5.80. The van der Waals surface area contributed by atoms with Gasteiger partial charge in [-0.3, -0.25) is 24.0 Å². The molecule has 4 amide bonds. The minimum Gasteiger partial charge on any atom is -0.481 e. The van der Waals surface area contributed by atoms with Gasteiger partial charge in [-0.1, -0.05) is 25.1 Å². The van der Waals surface area contributed by atoms with Crippen molar-refractivity contribution in [2.45, 2.75) is 69.6 Å². The molecule has 15 nitrogen and oxygen atoms in total. The van der Waals surface area contributed by atoms with Gasteiger partial charge in [0.25, 0.3) is 5.91 Å². The van der Waals surface area contributed by atoms with Crippen molar-refractivity contribution >= 4 is 35.9 Å². The number of nitrogens with one attached hydrogen (secondary N) is 3. The smallest absolute Gasteiger partial charge is 0.303 e. The van der Waals surface area contributed by atoms with Gasteiger partial charge in [0.1, 0.15) is 42.8 Å². The van der Waals surface area contributed by atoms with Gasteiger partial charge in [-0.25, -0.2) is 0 Å². The molecule has 0 aromatic heterocycles. The predicted molar refractivity (Wildman–Crippen MR) is 142 cm³/mol. The van der Waals surface area contributed by atoms with Gasteiger partial charge in [0, 0.05) is 18.5 Å². The summed E-state index contributed by atoms with van der Waals surface area (Å²) in [5.41, 5.74) is 5.44. The van der Waals surface area contributed by atoms with Crippen LogP contribution >= 0.6 is 0 Å². The molecule has 228 valence electrons. The topological polar surface area (TPSA) is 255 Å². The number of primary amides is 1. The molecule has 0 spiro atoms. The third kappa shape index (κ3) is 10.9. The van der Waals surface area contributed by atoms with Gasteiger partial charge in [-0.15, -0.1) is 0 Å². The number of aliphatic hydroxyl groups is 3. The van der Waals surface area contributed by atoms with E-state index < -0.39 is 85.0 Å². The Morgan fingerprint density at radius 1 is 1.02 bits per heavy atom. The summed E-state index contributed by atoms with van der Waals surface area (Å²) in [6, 6.07) is 4.60. The van der Waals surface area contributed by atoms with Crippen molar-refractivity contribution in [1.82, 2.24) is 16.0 Å². The zero-order valence-corrected chi connectivity index (χ0v) is 22.8. The second-order valence-corrected chi connectivity index (χ2v) is 9.07. The Hall–Kier alpha value is -3.92. The van der Waals surface area contributed by atoms with Crippen LogP contribution in [0.4, 0.5) is 0 Å². The number of aliphatic carboxylic acids is 1. The molecule has 0 fully saturated rings. The number of ether oxygens (including phenoxy) is 1. The van der Waals surface area contributed by atoms with Crippen LogP contribution in [0.3, 0.4) is 0 Å². The molecule has 0 bridgehead atoms. The number of aldehydes is 1. The van der Waals surface area contributed by atoms with Crippen LogP contribution < -0.4 is 21.7 Å². The molecule has 0 radical (unpaired) electrons. The lowest BCUT2D eigenvalue weighted by molar-refractivity contribution is -0.168. The van der Waals surface area contributed by atoms with E-state index in [0.717, 1.165) is 0 Å². The van der Waals surface area contributed by atoms with E-state index in [9.17, 15) is 44.1 Å². The zero-order valence-electron chi connectivity index (χ0n) is 22.8. The van der Waals surface area contributed by atoms with Gasteiger partial charge in [-0.2, -0.15) is 0 Å². The van der Waals surface area contributed by atoms with E-state index in [0.29, 0.717) is 0 Å². The Balaban J connectivity index is 3.43. The number of benzene rings is 1. The molecule has 0 saturated heterocycles. The molecule has 1 aromatic carbocycles. The van der Waals surface area contributed by atoms with E-state index in [2.05, 4.69) is 16.0 Å². The summed E-state index contributed by atoms with van der Waals surface area (Å²) >= 11 is 0. The van der Waals surface area contributed by atoms with Crippen molar-refractivity contribution in [2.24, 2.45) is 11.7 Å². The number of carboxylic acids is 1. The summed E-state index contributed by atoms with van der Waals surface area (Å²) in [5, 5.41) is 46.4. The van der Waals surface area contributed by atoms with Gasteiger partial charge in [-0.05, 0) is 31.9 Å². The number of carbonyl (C=O) groups excluding carboxylic acids is 5. The molecule has 0 aliphatic rings. The van der Waals surface area contributed by atoms with Crippen LogP contribution in [0.25, 0.3) is 0 Å². The summed E-state index contributed by atoms with van der Waals surface area (Å²) in [5.74, 6) is -6.20. The molecule has 0 aliphatic carbocycles. The van der Waals surface area contributed by atoms with Crippen molar-refractivity contribution in [3.8, 4) is 0 Å².